The van der Waals surface area contributed by atoms with E-state index in [2.05, 4.69) is 22.9 Å². The number of nitrogens with one attached hydrogen (secondary N) is 3. The van der Waals surface area contributed by atoms with Gasteiger partial charge in [-0.2, -0.15) is 0 Å². The van der Waals surface area contributed by atoms with Crippen LogP contribution in [0.4, 0.5) is 11.4 Å². The largest absolute Gasteiger partial charge is 0.493 e. The first kappa shape index (κ1) is 22.5. The highest BCUT2D eigenvalue weighted by Gasteiger charge is 2.27. The average molecular weight is 426 g/mol. The third-order valence-corrected chi connectivity index (χ3v) is 5.23. The maximum atomic E-state index is 12.1. The van der Waals surface area contributed by atoms with Crippen molar-refractivity contribution in [2.75, 3.05) is 25.6 Å². The third kappa shape index (κ3) is 6.64. The van der Waals surface area contributed by atoms with Crippen LogP contribution in [0.5, 0.6) is 11.5 Å². The summed E-state index contributed by atoms with van der Waals surface area (Å²) in [7, 11) is 1.64. The summed E-state index contributed by atoms with van der Waals surface area (Å²) in [4.78, 5) is 23.4. The van der Waals surface area contributed by atoms with Crippen LogP contribution in [0.15, 0.2) is 42.5 Å². The van der Waals surface area contributed by atoms with Gasteiger partial charge in [-0.15, -0.1) is 0 Å². The van der Waals surface area contributed by atoms with E-state index in [4.69, 9.17) is 9.47 Å². The molecular formula is C24H31N3O4. The maximum absolute atomic E-state index is 12.1. The fraction of sp³-hybridized carbons (Fsp3) is 0.417. The molecule has 166 valence electrons. The zero-order valence-electron chi connectivity index (χ0n) is 18.2. The van der Waals surface area contributed by atoms with Gasteiger partial charge in [0.05, 0.1) is 19.6 Å². The zero-order chi connectivity index (χ0) is 22.1. The van der Waals surface area contributed by atoms with Gasteiger partial charge in [-0.05, 0) is 36.2 Å². The Bertz CT molecular complexity index is 883. The van der Waals surface area contributed by atoms with Crippen molar-refractivity contribution in [3.63, 3.8) is 0 Å². The molecule has 2 amide bonds. The molecule has 1 fully saturated rings. The van der Waals surface area contributed by atoms with Crippen LogP contribution in [0.25, 0.3) is 0 Å². The molecule has 0 bridgehead atoms. The summed E-state index contributed by atoms with van der Waals surface area (Å²) >= 11 is 0. The second-order valence-corrected chi connectivity index (χ2v) is 7.67. The fourth-order valence-corrected chi connectivity index (χ4v) is 3.40. The van der Waals surface area contributed by atoms with E-state index in [0.717, 1.165) is 42.0 Å². The molecule has 3 N–H and O–H groups in total. The number of anilines is 2. The van der Waals surface area contributed by atoms with Gasteiger partial charge in [0.2, 0.25) is 11.8 Å². The van der Waals surface area contributed by atoms with Crippen molar-refractivity contribution in [3.05, 3.63) is 48.0 Å². The highest BCUT2D eigenvalue weighted by Crippen LogP contribution is 2.31. The molecule has 1 saturated heterocycles. The van der Waals surface area contributed by atoms with E-state index in [1.165, 1.54) is 0 Å². The van der Waals surface area contributed by atoms with Gasteiger partial charge in [0.1, 0.15) is 0 Å². The van der Waals surface area contributed by atoms with Gasteiger partial charge in [0, 0.05) is 37.0 Å². The van der Waals surface area contributed by atoms with Crippen molar-refractivity contribution in [2.45, 2.75) is 39.2 Å². The quantitative estimate of drug-likeness (QED) is 0.477. The highest BCUT2D eigenvalue weighted by molar-refractivity contribution is 5.89. The SMILES string of the molecule is CCCCCOc1ccc(Nc2ccc(CNC(=O)C3CNC(=O)C3)cc2)cc1OC. The number of rotatable bonds is 11. The Labute approximate surface area is 183 Å². The lowest BCUT2D eigenvalue weighted by molar-refractivity contribution is -0.126. The Morgan fingerprint density at radius 3 is 2.55 bits per heavy atom. The summed E-state index contributed by atoms with van der Waals surface area (Å²) in [5, 5.41) is 8.93. The number of carbonyl (C=O) groups is 2. The topological polar surface area (TPSA) is 88.7 Å². The van der Waals surface area contributed by atoms with Gasteiger partial charge in [-0.3, -0.25) is 9.59 Å². The maximum Gasteiger partial charge on any atom is 0.225 e. The van der Waals surface area contributed by atoms with Crippen LogP contribution in [0.2, 0.25) is 0 Å². The Balaban J connectivity index is 1.51. The molecule has 1 unspecified atom stereocenters. The van der Waals surface area contributed by atoms with Gasteiger partial charge in [-0.25, -0.2) is 0 Å². The van der Waals surface area contributed by atoms with Crippen molar-refractivity contribution in [2.24, 2.45) is 5.92 Å². The van der Waals surface area contributed by atoms with Crippen molar-refractivity contribution in [1.82, 2.24) is 10.6 Å². The van der Waals surface area contributed by atoms with Gasteiger partial charge < -0.3 is 25.4 Å². The van der Waals surface area contributed by atoms with Crippen LogP contribution in [-0.4, -0.2) is 32.1 Å². The second-order valence-electron chi connectivity index (χ2n) is 7.67. The molecule has 0 radical (unpaired) electrons. The molecule has 1 aliphatic rings. The minimum atomic E-state index is -0.276. The monoisotopic (exact) mass is 425 g/mol. The zero-order valence-corrected chi connectivity index (χ0v) is 18.2. The number of ether oxygens (including phenoxy) is 2. The molecular weight excluding hydrogens is 394 g/mol. The standard InChI is InChI=1S/C24H31N3O4/c1-3-4-5-12-31-21-11-10-20(14-22(21)30-2)27-19-8-6-17(7-9-19)15-26-24(29)18-13-23(28)25-16-18/h6-11,14,18,27H,3-5,12-13,15-16H2,1-2H3,(H,25,28)(H,26,29). The average Bonchev–Trinajstić information content (AvgIpc) is 3.23. The molecule has 3 rings (SSSR count). The first-order valence-corrected chi connectivity index (χ1v) is 10.8. The number of hydrogen-bond acceptors (Lipinski definition) is 5. The number of carbonyl (C=O) groups excluding carboxylic acids is 2. The number of methoxy groups -OCH3 is 1. The number of unbranched alkanes of at least 4 members (excludes halogenated alkanes) is 2. The molecule has 2 aromatic carbocycles. The summed E-state index contributed by atoms with van der Waals surface area (Å²) in [5.41, 5.74) is 2.82. The molecule has 31 heavy (non-hydrogen) atoms. The summed E-state index contributed by atoms with van der Waals surface area (Å²) in [6.07, 6.45) is 3.61. The van der Waals surface area contributed by atoms with Crippen LogP contribution in [0.3, 0.4) is 0 Å². The molecule has 1 heterocycles. The predicted molar refractivity (Wildman–Crippen MR) is 121 cm³/mol. The molecule has 2 aromatic rings. The van der Waals surface area contributed by atoms with Crippen LogP contribution in [-0.2, 0) is 16.1 Å². The van der Waals surface area contributed by atoms with Gasteiger partial charge >= 0.3 is 0 Å². The van der Waals surface area contributed by atoms with Crippen LogP contribution in [0.1, 0.15) is 38.2 Å². The summed E-state index contributed by atoms with van der Waals surface area (Å²) < 4.78 is 11.3. The smallest absolute Gasteiger partial charge is 0.225 e. The van der Waals surface area contributed by atoms with Crippen LogP contribution < -0.4 is 25.4 Å². The molecule has 0 saturated carbocycles. The summed E-state index contributed by atoms with van der Waals surface area (Å²) in [6.45, 7) is 3.70. The molecule has 7 nitrogen and oxygen atoms in total. The number of amides is 2. The Kier molecular flexibility index (Phi) is 8.15. The van der Waals surface area contributed by atoms with E-state index in [-0.39, 0.29) is 24.2 Å². The lowest BCUT2D eigenvalue weighted by Crippen LogP contribution is -2.31. The van der Waals surface area contributed by atoms with Crippen molar-refractivity contribution in [3.8, 4) is 11.5 Å². The normalized spacial score (nSPS) is 15.3. The number of hydrogen-bond donors (Lipinski definition) is 3. The van der Waals surface area contributed by atoms with Crippen molar-refractivity contribution < 1.29 is 19.1 Å². The lowest BCUT2D eigenvalue weighted by atomic mass is 10.1. The van der Waals surface area contributed by atoms with E-state index < -0.39 is 0 Å². The minimum Gasteiger partial charge on any atom is -0.493 e. The van der Waals surface area contributed by atoms with Gasteiger partial charge in [0.25, 0.3) is 0 Å². The molecule has 0 spiro atoms. The van der Waals surface area contributed by atoms with E-state index >= 15 is 0 Å². The van der Waals surface area contributed by atoms with Crippen molar-refractivity contribution >= 4 is 23.2 Å². The van der Waals surface area contributed by atoms with Crippen LogP contribution in [0, 0.1) is 5.92 Å². The van der Waals surface area contributed by atoms with E-state index in [1.54, 1.807) is 7.11 Å². The van der Waals surface area contributed by atoms with E-state index in [0.29, 0.717) is 25.4 Å². The fourth-order valence-electron chi connectivity index (χ4n) is 3.40. The minimum absolute atomic E-state index is 0.0664. The second kappa shape index (κ2) is 11.2. The van der Waals surface area contributed by atoms with Crippen LogP contribution >= 0.6 is 0 Å². The van der Waals surface area contributed by atoms with E-state index in [9.17, 15) is 9.59 Å². The Morgan fingerprint density at radius 2 is 1.87 bits per heavy atom. The third-order valence-electron chi connectivity index (χ3n) is 5.23. The Hall–Kier alpha value is -3.22. The Morgan fingerprint density at radius 1 is 1.10 bits per heavy atom. The van der Waals surface area contributed by atoms with Gasteiger partial charge in [-0.1, -0.05) is 31.9 Å². The predicted octanol–water partition coefficient (Wildman–Crippen LogP) is 3.76. The highest BCUT2D eigenvalue weighted by atomic mass is 16.5. The molecule has 1 atom stereocenters. The first-order chi connectivity index (χ1) is 15.1. The molecule has 0 aromatic heterocycles. The van der Waals surface area contributed by atoms with Gasteiger partial charge in [0.15, 0.2) is 11.5 Å². The summed E-state index contributed by atoms with van der Waals surface area (Å²) in [5.74, 6) is 1.00. The molecule has 7 heteroatoms. The summed E-state index contributed by atoms with van der Waals surface area (Å²) in [6, 6.07) is 13.6. The lowest BCUT2D eigenvalue weighted by Gasteiger charge is -2.14. The van der Waals surface area contributed by atoms with Crippen molar-refractivity contribution in [1.29, 1.82) is 0 Å². The number of benzene rings is 2. The molecule has 0 aliphatic carbocycles. The van der Waals surface area contributed by atoms with E-state index in [1.807, 2.05) is 42.5 Å². The molecule has 1 aliphatic heterocycles. The first-order valence-electron chi connectivity index (χ1n) is 10.8.